The van der Waals surface area contributed by atoms with Crippen LogP contribution in [0.4, 0.5) is 0 Å². The van der Waals surface area contributed by atoms with E-state index in [9.17, 15) is 0 Å². The molecule has 0 aromatic carbocycles. The minimum absolute atomic E-state index is 0.245. The molecule has 10 heavy (non-hydrogen) atoms. The van der Waals surface area contributed by atoms with Crippen molar-refractivity contribution in [2.24, 2.45) is 5.41 Å². The first kappa shape index (κ1) is 6.24. The first-order valence-corrected chi connectivity index (χ1v) is 4.06. The summed E-state index contributed by atoms with van der Waals surface area (Å²) in [5, 5.41) is 3.47. The Hall–Kier alpha value is -0.480. The Morgan fingerprint density at radius 3 is 2.40 bits per heavy atom. The van der Waals surface area contributed by atoms with Gasteiger partial charge in [-0.2, -0.15) is 0 Å². The fourth-order valence-corrected chi connectivity index (χ4v) is 2.09. The summed E-state index contributed by atoms with van der Waals surface area (Å²) >= 11 is 0. The van der Waals surface area contributed by atoms with E-state index in [0.29, 0.717) is 0 Å². The van der Waals surface area contributed by atoms with E-state index in [0.717, 1.165) is 12.6 Å². The SMILES string of the molecule is C#CC12CCC(CC1)NC2. The molecular formula is C9H13N. The van der Waals surface area contributed by atoms with Crippen molar-refractivity contribution in [2.45, 2.75) is 31.7 Å². The maximum absolute atomic E-state index is 5.48. The second-order valence-corrected chi connectivity index (χ2v) is 3.58. The number of rotatable bonds is 0. The highest BCUT2D eigenvalue weighted by molar-refractivity contribution is 5.12. The molecule has 0 unspecified atom stereocenters. The summed E-state index contributed by atoms with van der Waals surface area (Å²) in [7, 11) is 0. The van der Waals surface area contributed by atoms with Crippen molar-refractivity contribution in [3.8, 4) is 12.3 Å². The van der Waals surface area contributed by atoms with E-state index < -0.39 is 0 Å². The largest absolute Gasteiger partial charge is 0.312 e. The molecule has 2 heterocycles. The third kappa shape index (κ3) is 0.759. The van der Waals surface area contributed by atoms with Crippen LogP contribution in [0.15, 0.2) is 0 Å². The van der Waals surface area contributed by atoms with Crippen molar-refractivity contribution in [3.05, 3.63) is 0 Å². The normalized spacial score (nSPS) is 44.9. The number of terminal acetylenes is 1. The average molecular weight is 135 g/mol. The van der Waals surface area contributed by atoms with Crippen LogP contribution in [-0.4, -0.2) is 12.6 Å². The van der Waals surface area contributed by atoms with Gasteiger partial charge >= 0.3 is 0 Å². The standard InChI is InChI=1S/C9H13N/c1-2-9-5-3-8(4-6-9)10-7-9/h1,8,10H,3-7H2. The van der Waals surface area contributed by atoms with E-state index in [1.165, 1.54) is 25.7 Å². The highest BCUT2D eigenvalue weighted by atomic mass is 15.0. The zero-order chi connectivity index (χ0) is 7.03. The van der Waals surface area contributed by atoms with Crippen molar-refractivity contribution >= 4 is 0 Å². The zero-order valence-corrected chi connectivity index (χ0v) is 6.19. The first-order valence-electron chi connectivity index (χ1n) is 4.06. The van der Waals surface area contributed by atoms with Gasteiger partial charge in [-0.15, -0.1) is 6.42 Å². The molecule has 0 radical (unpaired) electrons. The Morgan fingerprint density at radius 1 is 1.40 bits per heavy atom. The van der Waals surface area contributed by atoms with Gasteiger partial charge in [-0.25, -0.2) is 0 Å². The minimum Gasteiger partial charge on any atom is -0.312 e. The molecular weight excluding hydrogens is 122 g/mol. The topological polar surface area (TPSA) is 12.0 Å². The van der Waals surface area contributed by atoms with Gasteiger partial charge in [0, 0.05) is 18.0 Å². The highest BCUT2D eigenvalue weighted by Gasteiger charge is 2.38. The van der Waals surface area contributed by atoms with Gasteiger partial charge in [-0.3, -0.25) is 0 Å². The molecule has 3 rings (SSSR count). The summed E-state index contributed by atoms with van der Waals surface area (Å²) in [4.78, 5) is 0. The van der Waals surface area contributed by atoms with E-state index in [1.54, 1.807) is 0 Å². The summed E-state index contributed by atoms with van der Waals surface area (Å²) in [6.45, 7) is 1.06. The van der Waals surface area contributed by atoms with Crippen LogP contribution in [0.3, 0.4) is 0 Å². The first-order chi connectivity index (χ1) is 4.85. The smallest absolute Gasteiger partial charge is 0.0437 e. The molecule has 0 aromatic rings. The van der Waals surface area contributed by atoms with Crippen molar-refractivity contribution in [1.29, 1.82) is 0 Å². The van der Waals surface area contributed by atoms with Gasteiger partial charge < -0.3 is 5.32 Å². The van der Waals surface area contributed by atoms with E-state index in [-0.39, 0.29) is 5.41 Å². The number of hydrogen-bond acceptors (Lipinski definition) is 1. The Morgan fingerprint density at radius 2 is 2.10 bits per heavy atom. The Kier molecular flexibility index (Phi) is 1.25. The molecule has 1 heteroatoms. The lowest BCUT2D eigenvalue weighted by atomic mass is 9.69. The molecule has 0 atom stereocenters. The Balaban J connectivity index is 2.17. The quantitative estimate of drug-likeness (QED) is 0.491. The summed E-state index contributed by atoms with van der Waals surface area (Å²) in [5.41, 5.74) is 0.245. The average Bonchev–Trinajstić information content (AvgIpc) is 2.08. The Labute approximate surface area is 62.2 Å². The van der Waals surface area contributed by atoms with Crippen LogP contribution in [0.5, 0.6) is 0 Å². The summed E-state index contributed by atoms with van der Waals surface area (Å²) < 4.78 is 0. The highest BCUT2D eigenvalue weighted by Crippen LogP contribution is 2.39. The third-order valence-corrected chi connectivity index (χ3v) is 2.98. The predicted octanol–water partition coefficient (Wildman–Crippen LogP) is 1.15. The number of nitrogens with one attached hydrogen (secondary N) is 1. The van der Waals surface area contributed by atoms with Crippen molar-refractivity contribution < 1.29 is 0 Å². The predicted molar refractivity (Wildman–Crippen MR) is 41.5 cm³/mol. The molecule has 2 bridgehead atoms. The van der Waals surface area contributed by atoms with E-state index >= 15 is 0 Å². The molecule has 0 spiro atoms. The minimum atomic E-state index is 0.245. The fourth-order valence-electron chi connectivity index (χ4n) is 2.09. The van der Waals surface area contributed by atoms with Crippen molar-refractivity contribution in [2.75, 3.05) is 6.54 Å². The molecule has 54 valence electrons. The molecule has 2 saturated heterocycles. The molecule has 1 N–H and O–H groups in total. The van der Waals surface area contributed by atoms with Crippen LogP contribution in [0.1, 0.15) is 25.7 Å². The number of fused-ring (bicyclic) bond motifs is 3. The summed E-state index contributed by atoms with van der Waals surface area (Å²) in [6.07, 6.45) is 10.6. The van der Waals surface area contributed by atoms with E-state index in [2.05, 4.69) is 11.2 Å². The van der Waals surface area contributed by atoms with Crippen LogP contribution < -0.4 is 5.32 Å². The monoisotopic (exact) mass is 135 g/mol. The lowest BCUT2D eigenvalue weighted by Crippen LogP contribution is -2.50. The van der Waals surface area contributed by atoms with Crippen LogP contribution in [0, 0.1) is 17.8 Å². The second kappa shape index (κ2) is 2.00. The summed E-state index contributed by atoms with van der Waals surface area (Å²) in [6, 6.07) is 0.787. The van der Waals surface area contributed by atoms with Crippen molar-refractivity contribution in [3.63, 3.8) is 0 Å². The lowest BCUT2D eigenvalue weighted by molar-refractivity contribution is 0.154. The molecule has 3 fully saturated rings. The van der Waals surface area contributed by atoms with Gasteiger partial charge in [0.25, 0.3) is 0 Å². The molecule has 0 amide bonds. The Bertz CT molecular complexity index is 156. The maximum Gasteiger partial charge on any atom is 0.0437 e. The van der Waals surface area contributed by atoms with Crippen LogP contribution in [-0.2, 0) is 0 Å². The number of hydrogen-bond donors (Lipinski definition) is 1. The third-order valence-electron chi connectivity index (χ3n) is 2.98. The molecule has 1 saturated carbocycles. The molecule has 1 aliphatic carbocycles. The number of piperidine rings is 2. The van der Waals surface area contributed by atoms with Gasteiger partial charge in [-0.1, -0.05) is 5.92 Å². The molecule has 0 aromatic heterocycles. The molecule has 1 nitrogen and oxygen atoms in total. The van der Waals surface area contributed by atoms with Crippen molar-refractivity contribution in [1.82, 2.24) is 5.32 Å². The van der Waals surface area contributed by atoms with Gasteiger partial charge in [0.05, 0.1) is 0 Å². The van der Waals surface area contributed by atoms with Crippen LogP contribution in [0.2, 0.25) is 0 Å². The molecule has 3 aliphatic rings. The summed E-state index contributed by atoms with van der Waals surface area (Å²) in [5.74, 6) is 2.94. The van der Waals surface area contributed by atoms with Crippen LogP contribution in [0.25, 0.3) is 0 Å². The van der Waals surface area contributed by atoms with E-state index in [1.807, 2.05) is 0 Å². The van der Waals surface area contributed by atoms with Gasteiger partial charge in [0.2, 0.25) is 0 Å². The fraction of sp³-hybridized carbons (Fsp3) is 0.778. The maximum atomic E-state index is 5.48. The lowest BCUT2D eigenvalue weighted by Gasteiger charge is -2.43. The van der Waals surface area contributed by atoms with Crippen LogP contribution >= 0.6 is 0 Å². The second-order valence-electron chi connectivity index (χ2n) is 3.58. The zero-order valence-electron chi connectivity index (χ0n) is 6.19. The van der Waals surface area contributed by atoms with Gasteiger partial charge in [0.1, 0.15) is 0 Å². The van der Waals surface area contributed by atoms with Gasteiger partial charge in [-0.05, 0) is 25.7 Å². The van der Waals surface area contributed by atoms with E-state index in [4.69, 9.17) is 6.42 Å². The molecule has 2 aliphatic heterocycles. The van der Waals surface area contributed by atoms with Gasteiger partial charge in [0.15, 0.2) is 0 Å².